The van der Waals surface area contributed by atoms with Crippen LogP contribution in [0.5, 0.6) is 0 Å². The van der Waals surface area contributed by atoms with Crippen LogP contribution >= 0.6 is 0 Å². The van der Waals surface area contributed by atoms with Crippen molar-refractivity contribution in [3.05, 3.63) is 0 Å². The lowest BCUT2D eigenvalue weighted by Crippen LogP contribution is -2.67. The highest BCUT2D eigenvalue weighted by atomic mass is 16.7. The molecule has 4 fully saturated rings. The van der Waals surface area contributed by atoms with Gasteiger partial charge in [-0.1, -0.05) is 45.4 Å². The van der Waals surface area contributed by atoms with Crippen LogP contribution in [-0.4, -0.2) is 149 Å². The molecular weight excluding hydrogens is 618 g/mol. The molecule has 0 aromatic heterocycles. The summed E-state index contributed by atoms with van der Waals surface area (Å²) in [5, 5.41) is 55.6. The standard InChI is InChI=1S/C32H57N3O12/c1-16-9-8-12-19(28(16)47-32-27(41)26(40)24(38)17(2)43-32)45-31-23(34-22(37)14-33)29(25(39)21(15-36)46-31)44-20(30(42)35(3)4)13-18-10-6-5-7-11-18/h16-21,23-29,31-32,36,38-41H,5-15,33H2,1-4H3,(H,34,37)/t16?,17?,19-,20+,21+,23?,24-,25+,26+,27?,28-,29?,31-,32+/m1/s1. The van der Waals surface area contributed by atoms with Crippen LogP contribution in [0.2, 0.25) is 0 Å². The Labute approximate surface area is 277 Å². The molecule has 4 aliphatic rings. The molecule has 2 amide bonds. The Morgan fingerprint density at radius 3 is 2.21 bits per heavy atom. The first kappa shape index (κ1) is 38.3. The number of hydrogen-bond acceptors (Lipinski definition) is 13. The molecule has 0 aromatic carbocycles. The van der Waals surface area contributed by atoms with Gasteiger partial charge in [-0.2, -0.15) is 0 Å². The number of nitrogens with one attached hydrogen (secondary N) is 1. The molecule has 15 heteroatoms. The SMILES string of the molecule is CC1O[C@@H](O[C@@H]2C(C)CCC[C@H]2O[C@@H]2O[C@@H](CO)[C@H](O)C(O[C@@H](CC3CCCCC3)C(=O)N(C)C)C2NC(=O)CN)C(O)[C@@H](O)[C@@H]1O. The molecule has 2 heterocycles. The number of carbonyl (C=O) groups excluding carboxylic acids is 2. The monoisotopic (exact) mass is 675 g/mol. The Morgan fingerprint density at radius 2 is 1.57 bits per heavy atom. The van der Waals surface area contributed by atoms with E-state index in [1.807, 2.05) is 6.92 Å². The fourth-order valence-corrected chi connectivity index (χ4v) is 7.32. The molecule has 15 nitrogen and oxygen atoms in total. The number of aliphatic hydroxyl groups excluding tert-OH is 5. The Balaban J connectivity index is 1.60. The van der Waals surface area contributed by atoms with Gasteiger partial charge in [0.15, 0.2) is 12.6 Å². The summed E-state index contributed by atoms with van der Waals surface area (Å²) in [5.41, 5.74) is 5.66. The van der Waals surface area contributed by atoms with Gasteiger partial charge in [0.05, 0.1) is 31.5 Å². The van der Waals surface area contributed by atoms with Crippen LogP contribution in [0.1, 0.15) is 71.6 Å². The molecule has 47 heavy (non-hydrogen) atoms. The first-order chi connectivity index (χ1) is 22.4. The summed E-state index contributed by atoms with van der Waals surface area (Å²) in [6.07, 6.45) is -5.99. The van der Waals surface area contributed by atoms with Gasteiger partial charge in [-0.15, -0.1) is 0 Å². The molecule has 0 aromatic rings. The molecule has 5 unspecified atom stereocenters. The van der Waals surface area contributed by atoms with Crippen molar-refractivity contribution in [3.8, 4) is 0 Å². The van der Waals surface area contributed by atoms with E-state index >= 15 is 0 Å². The van der Waals surface area contributed by atoms with Crippen LogP contribution in [-0.2, 0) is 33.3 Å². The van der Waals surface area contributed by atoms with Crippen molar-refractivity contribution in [3.63, 3.8) is 0 Å². The number of nitrogens with two attached hydrogens (primary N) is 1. The van der Waals surface area contributed by atoms with E-state index in [0.717, 1.165) is 44.9 Å². The lowest BCUT2D eigenvalue weighted by Gasteiger charge is -2.48. The number of hydrogen-bond donors (Lipinski definition) is 7. The number of ether oxygens (including phenoxy) is 5. The molecule has 14 atom stereocenters. The predicted octanol–water partition coefficient (Wildman–Crippen LogP) is -1.26. The van der Waals surface area contributed by atoms with Gasteiger partial charge in [-0.05, 0) is 38.0 Å². The Bertz CT molecular complexity index is 1000. The quantitative estimate of drug-likeness (QED) is 0.129. The maximum atomic E-state index is 13.4. The van der Waals surface area contributed by atoms with Crippen LogP contribution in [0, 0.1) is 11.8 Å². The summed E-state index contributed by atoms with van der Waals surface area (Å²) in [6.45, 7) is 2.56. The molecule has 0 radical (unpaired) electrons. The zero-order valence-electron chi connectivity index (χ0n) is 28.1. The summed E-state index contributed by atoms with van der Waals surface area (Å²) < 4.78 is 31.0. The number of nitrogens with zero attached hydrogens (tertiary/aromatic N) is 1. The van der Waals surface area contributed by atoms with E-state index in [-0.39, 0.29) is 24.3 Å². The van der Waals surface area contributed by atoms with E-state index in [4.69, 9.17) is 29.4 Å². The van der Waals surface area contributed by atoms with Crippen molar-refractivity contribution in [1.82, 2.24) is 10.2 Å². The summed E-state index contributed by atoms with van der Waals surface area (Å²) in [6, 6.07) is -1.13. The largest absolute Gasteiger partial charge is 0.394 e. The van der Waals surface area contributed by atoms with Crippen LogP contribution < -0.4 is 11.1 Å². The van der Waals surface area contributed by atoms with Gasteiger partial charge in [0, 0.05) is 14.1 Å². The number of amides is 2. The maximum Gasteiger partial charge on any atom is 0.251 e. The van der Waals surface area contributed by atoms with Gasteiger partial charge in [-0.25, -0.2) is 0 Å². The topological polar surface area (TPSA) is 223 Å². The third-order valence-corrected chi connectivity index (χ3v) is 10.2. The highest BCUT2D eigenvalue weighted by Crippen LogP contribution is 2.36. The Hall–Kier alpha value is -1.50. The minimum atomic E-state index is -1.51. The lowest BCUT2D eigenvalue weighted by atomic mass is 9.84. The minimum absolute atomic E-state index is 0.0895. The van der Waals surface area contributed by atoms with Crippen molar-refractivity contribution < 1.29 is 58.8 Å². The third kappa shape index (κ3) is 9.39. The third-order valence-electron chi connectivity index (χ3n) is 10.2. The minimum Gasteiger partial charge on any atom is -0.394 e. The predicted molar refractivity (Wildman–Crippen MR) is 166 cm³/mol. The van der Waals surface area contributed by atoms with Gasteiger partial charge in [0.25, 0.3) is 5.91 Å². The molecular formula is C32H57N3O12. The van der Waals surface area contributed by atoms with E-state index in [0.29, 0.717) is 12.8 Å². The van der Waals surface area contributed by atoms with Gasteiger partial charge in [0.2, 0.25) is 5.91 Å². The normalized spacial score (nSPS) is 40.9. The summed E-state index contributed by atoms with van der Waals surface area (Å²) in [5.74, 6) is -0.677. The van der Waals surface area contributed by atoms with Crippen molar-refractivity contribution in [2.45, 2.75) is 151 Å². The smallest absolute Gasteiger partial charge is 0.251 e. The lowest BCUT2D eigenvalue weighted by molar-refractivity contribution is -0.336. The van der Waals surface area contributed by atoms with Crippen LogP contribution in [0.3, 0.4) is 0 Å². The van der Waals surface area contributed by atoms with Crippen molar-refractivity contribution >= 4 is 11.8 Å². The molecule has 0 spiro atoms. The molecule has 4 rings (SSSR count). The second-order valence-electron chi connectivity index (χ2n) is 13.9. The van der Waals surface area contributed by atoms with E-state index in [1.165, 1.54) is 4.90 Å². The number of carbonyl (C=O) groups is 2. The molecule has 8 N–H and O–H groups in total. The molecule has 2 saturated carbocycles. The second kappa shape index (κ2) is 17.4. The summed E-state index contributed by atoms with van der Waals surface area (Å²) in [7, 11) is 3.27. The molecule has 2 aliphatic heterocycles. The fourth-order valence-electron chi connectivity index (χ4n) is 7.32. The Morgan fingerprint density at radius 1 is 0.872 bits per heavy atom. The number of aliphatic hydroxyl groups is 5. The molecule has 0 bridgehead atoms. The van der Waals surface area contributed by atoms with Gasteiger partial charge in [0.1, 0.15) is 48.8 Å². The zero-order chi connectivity index (χ0) is 34.4. The van der Waals surface area contributed by atoms with Gasteiger partial charge < -0.3 is 65.2 Å². The highest BCUT2D eigenvalue weighted by Gasteiger charge is 2.51. The summed E-state index contributed by atoms with van der Waals surface area (Å²) >= 11 is 0. The first-order valence-corrected chi connectivity index (χ1v) is 17.2. The average molecular weight is 676 g/mol. The van der Waals surface area contributed by atoms with Gasteiger partial charge >= 0.3 is 0 Å². The van der Waals surface area contributed by atoms with Crippen molar-refractivity contribution in [2.75, 3.05) is 27.2 Å². The molecule has 272 valence electrons. The van der Waals surface area contributed by atoms with E-state index in [9.17, 15) is 35.1 Å². The molecule has 2 aliphatic carbocycles. The number of likely N-dealkylation sites (N-methyl/N-ethyl adjacent to an activating group) is 1. The van der Waals surface area contributed by atoms with E-state index < -0.39 is 92.2 Å². The number of rotatable bonds is 12. The van der Waals surface area contributed by atoms with E-state index in [2.05, 4.69) is 5.32 Å². The molecule has 2 saturated heterocycles. The van der Waals surface area contributed by atoms with Crippen LogP contribution in [0.15, 0.2) is 0 Å². The Kier molecular flexibility index (Phi) is 14.2. The maximum absolute atomic E-state index is 13.4. The van der Waals surface area contributed by atoms with Crippen molar-refractivity contribution in [1.29, 1.82) is 0 Å². The summed E-state index contributed by atoms with van der Waals surface area (Å²) in [4.78, 5) is 27.6. The van der Waals surface area contributed by atoms with Gasteiger partial charge in [-0.3, -0.25) is 9.59 Å². The van der Waals surface area contributed by atoms with Crippen molar-refractivity contribution in [2.24, 2.45) is 17.6 Å². The van der Waals surface area contributed by atoms with Crippen LogP contribution in [0.4, 0.5) is 0 Å². The zero-order valence-corrected chi connectivity index (χ0v) is 28.1. The average Bonchev–Trinajstić information content (AvgIpc) is 3.06. The van der Waals surface area contributed by atoms with E-state index in [1.54, 1.807) is 21.0 Å². The fraction of sp³-hybridized carbons (Fsp3) is 0.938. The first-order valence-electron chi connectivity index (χ1n) is 17.2. The highest BCUT2D eigenvalue weighted by molar-refractivity contribution is 5.80. The second-order valence-corrected chi connectivity index (χ2v) is 13.9. The van der Waals surface area contributed by atoms with Crippen LogP contribution in [0.25, 0.3) is 0 Å².